The van der Waals surface area contributed by atoms with Gasteiger partial charge in [0.2, 0.25) is 0 Å². The van der Waals surface area contributed by atoms with E-state index in [0.29, 0.717) is 28.6 Å². The number of rotatable bonds is 4. The number of nitro groups is 1. The van der Waals surface area contributed by atoms with Gasteiger partial charge in [0.05, 0.1) is 22.0 Å². The van der Waals surface area contributed by atoms with Crippen LogP contribution in [0.5, 0.6) is 0 Å². The van der Waals surface area contributed by atoms with E-state index in [2.05, 4.69) is 31.2 Å². The average molecular weight is 469 g/mol. The topological polar surface area (TPSA) is 81.0 Å². The number of hydrogen-bond donors (Lipinski definition) is 1. The molecule has 1 heterocycles. The van der Waals surface area contributed by atoms with Crippen LogP contribution in [0.4, 0.5) is 24.7 Å². The molecular weight excluding hydrogens is 453 g/mol. The average Bonchev–Trinajstić information content (AvgIpc) is 2.62. The van der Waals surface area contributed by atoms with Gasteiger partial charge in [-0.05, 0) is 50.1 Å². The molecule has 10 heteroatoms. The van der Waals surface area contributed by atoms with Crippen LogP contribution in [0.2, 0.25) is 0 Å². The lowest BCUT2D eigenvalue weighted by molar-refractivity contribution is -0.385. The molecule has 0 radical (unpaired) electrons. The van der Waals surface area contributed by atoms with Gasteiger partial charge in [-0.2, -0.15) is 13.2 Å². The van der Waals surface area contributed by atoms with E-state index in [1.165, 1.54) is 0 Å². The van der Waals surface area contributed by atoms with Gasteiger partial charge in [-0.1, -0.05) is 15.9 Å². The molecule has 0 unspecified atom stereocenters. The van der Waals surface area contributed by atoms with Gasteiger partial charge in [0.1, 0.15) is 11.6 Å². The zero-order valence-electron chi connectivity index (χ0n) is 15.6. The van der Waals surface area contributed by atoms with Crippen molar-refractivity contribution in [3.63, 3.8) is 0 Å². The minimum absolute atomic E-state index is 0.127. The quantitative estimate of drug-likeness (QED) is 0.369. The van der Waals surface area contributed by atoms with E-state index in [0.717, 1.165) is 22.2 Å². The Morgan fingerprint density at radius 1 is 1.14 bits per heavy atom. The highest BCUT2D eigenvalue weighted by Gasteiger charge is 2.33. The van der Waals surface area contributed by atoms with Gasteiger partial charge in [0.25, 0.3) is 5.69 Å². The first-order valence-corrected chi connectivity index (χ1v) is 9.32. The van der Waals surface area contributed by atoms with Crippen molar-refractivity contribution < 1.29 is 18.1 Å². The van der Waals surface area contributed by atoms with Crippen molar-refractivity contribution in [2.75, 3.05) is 5.32 Å². The first kappa shape index (κ1) is 21.0. The molecule has 29 heavy (non-hydrogen) atoms. The number of nitro benzene ring substituents is 1. The van der Waals surface area contributed by atoms with Gasteiger partial charge in [0, 0.05) is 22.0 Å². The highest BCUT2D eigenvalue weighted by atomic mass is 79.9. The predicted molar refractivity (Wildman–Crippen MR) is 107 cm³/mol. The van der Waals surface area contributed by atoms with Gasteiger partial charge in [-0.3, -0.25) is 10.1 Å². The third-order valence-corrected chi connectivity index (χ3v) is 5.27. The van der Waals surface area contributed by atoms with E-state index in [1.807, 2.05) is 19.1 Å². The normalized spacial score (nSPS) is 12.8. The summed E-state index contributed by atoms with van der Waals surface area (Å²) in [5, 5.41) is 14.8. The molecule has 1 aromatic heterocycles. The second-order valence-corrected chi connectivity index (χ2v) is 7.53. The highest BCUT2D eigenvalue weighted by Crippen LogP contribution is 2.35. The molecule has 0 aliphatic heterocycles. The molecule has 0 aliphatic carbocycles. The minimum Gasteiger partial charge on any atom is -0.363 e. The largest absolute Gasteiger partial charge is 0.416 e. The predicted octanol–water partition coefficient (Wildman–Crippen LogP) is 6.11. The molecule has 6 nitrogen and oxygen atoms in total. The van der Waals surface area contributed by atoms with Crippen LogP contribution < -0.4 is 5.32 Å². The van der Waals surface area contributed by atoms with Crippen molar-refractivity contribution in [2.45, 2.75) is 33.0 Å². The fourth-order valence-corrected chi connectivity index (χ4v) is 3.27. The first-order chi connectivity index (χ1) is 13.5. The minimum atomic E-state index is -4.69. The number of fused-ring (bicyclic) bond motifs is 1. The zero-order valence-corrected chi connectivity index (χ0v) is 17.2. The molecule has 3 aromatic rings. The summed E-state index contributed by atoms with van der Waals surface area (Å²) in [7, 11) is 0. The smallest absolute Gasteiger partial charge is 0.363 e. The number of aromatic nitrogens is 2. The summed E-state index contributed by atoms with van der Waals surface area (Å²) < 4.78 is 40.4. The molecule has 0 saturated heterocycles. The number of nitrogens with zero attached hydrogens (tertiary/aromatic N) is 3. The third kappa shape index (κ3) is 4.47. The van der Waals surface area contributed by atoms with Crippen molar-refractivity contribution in [2.24, 2.45) is 0 Å². The Kier molecular flexibility index (Phi) is 5.48. The lowest BCUT2D eigenvalue weighted by atomic mass is 10.0. The van der Waals surface area contributed by atoms with Crippen molar-refractivity contribution in [3.05, 3.63) is 67.4 Å². The Morgan fingerprint density at radius 3 is 2.45 bits per heavy atom. The Balaban J connectivity index is 2.07. The van der Waals surface area contributed by atoms with Crippen LogP contribution in [0.15, 0.2) is 34.8 Å². The standard InChI is InChI=1S/C19H16BrF3N4O2/c1-9-4-17-15(8-16(9)20)18(26-11(3)25-17)24-10(2)12-5-13(19(21,22)23)7-14(6-12)27(28)29/h4-8,10H,1-3H3,(H,24,25,26)/t10-/m1/s1. The van der Waals surface area contributed by atoms with Crippen LogP contribution in [-0.4, -0.2) is 14.9 Å². The summed E-state index contributed by atoms with van der Waals surface area (Å²) in [6, 6.07) is 5.59. The summed E-state index contributed by atoms with van der Waals surface area (Å²) in [5.74, 6) is 0.921. The van der Waals surface area contributed by atoms with Crippen LogP contribution in [0, 0.1) is 24.0 Å². The Bertz CT molecular complexity index is 1120. The summed E-state index contributed by atoms with van der Waals surface area (Å²) in [5.41, 5.74) is 0.0937. The zero-order chi connectivity index (χ0) is 21.5. The molecule has 2 aromatic carbocycles. The summed E-state index contributed by atoms with van der Waals surface area (Å²) in [6.45, 7) is 5.24. The maximum atomic E-state index is 13.2. The molecule has 152 valence electrons. The number of aryl methyl sites for hydroxylation is 2. The van der Waals surface area contributed by atoms with E-state index in [9.17, 15) is 23.3 Å². The van der Waals surface area contributed by atoms with Crippen molar-refractivity contribution in [1.82, 2.24) is 9.97 Å². The maximum Gasteiger partial charge on any atom is 0.416 e. The number of halogens is 4. The molecule has 0 aliphatic rings. The van der Waals surface area contributed by atoms with E-state index >= 15 is 0 Å². The molecule has 1 atom stereocenters. The first-order valence-electron chi connectivity index (χ1n) is 8.53. The van der Waals surface area contributed by atoms with Gasteiger partial charge in [0.15, 0.2) is 0 Å². The summed E-state index contributed by atoms with van der Waals surface area (Å²) >= 11 is 3.45. The molecule has 0 spiro atoms. The van der Waals surface area contributed by atoms with Gasteiger partial charge in [-0.25, -0.2) is 9.97 Å². The van der Waals surface area contributed by atoms with E-state index < -0.39 is 28.4 Å². The molecule has 0 amide bonds. The lowest BCUT2D eigenvalue weighted by Gasteiger charge is -2.18. The second-order valence-electron chi connectivity index (χ2n) is 6.67. The number of anilines is 1. The monoisotopic (exact) mass is 468 g/mol. The van der Waals surface area contributed by atoms with Crippen LogP contribution in [0.3, 0.4) is 0 Å². The van der Waals surface area contributed by atoms with Crippen LogP contribution in [0.25, 0.3) is 10.9 Å². The van der Waals surface area contributed by atoms with Crippen LogP contribution >= 0.6 is 15.9 Å². The Morgan fingerprint density at radius 2 is 1.83 bits per heavy atom. The maximum absolute atomic E-state index is 13.2. The molecule has 0 saturated carbocycles. The number of benzene rings is 2. The van der Waals surface area contributed by atoms with Crippen molar-refractivity contribution in [1.29, 1.82) is 0 Å². The molecule has 0 fully saturated rings. The second kappa shape index (κ2) is 7.58. The number of alkyl halides is 3. The van der Waals surface area contributed by atoms with Crippen LogP contribution in [0.1, 0.15) is 35.5 Å². The number of nitrogens with one attached hydrogen (secondary N) is 1. The van der Waals surface area contributed by atoms with Crippen molar-refractivity contribution in [3.8, 4) is 0 Å². The number of non-ortho nitro benzene ring substituents is 1. The molecular formula is C19H16BrF3N4O2. The fourth-order valence-electron chi connectivity index (χ4n) is 2.92. The molecule has 0 bridgehead atoms. The lowest BCUT2D eigenvalue weighted by Crippen LogP contribution is -2.12. The van der Waals surface area contributed by atoms with Crippen LogP contribution in [-0.2, 0) is 6.18 Å². The van der Waals surface area contributed by atoms with Gasteiger partial charge < -0.3 is 5.32 Å². The van der Waals surface area contributed by atoms with E-state index in [-0.39, 0.29) is 5.56 Å². The summed E-state index contributed by atoms with van der Waals surface area (Å²) in [6.07, 6.45) is -4.69. The highest BCUT2D eigenvalue weighted by molar-refractivity contribution is 9.10. The number of hydrogen-bond acceptors (Lipinski definition) is 5. The third-order valence-electron chi connectivity index (χ3n) is 4.42. The SMILES string of the molecule is Cc1nc(N[C@H](C)c2cc([N+](=O)[O-])cc(C(F)(F)F)c2)c2cc(Br)c(C)cc2n1. The van der Waals surface area contributed by atoms with E-state index in [4.69, 9.17) is 0 Å². The van der Waals surface area contributed by atoms with Gasteiger partial charge in [-0.15, -0.1) is 0 Å². The Labute approximate surface area is 172 Å². The Hall–Kier alpha value is -2.75. The van der Waals surface area contributed by atoms with Crippen molar-refractivity contribution >= 4 is 38.3 Å². The molecule has 1 N–H and O–H groups in total. The summed E-state index contributed by atoms with van der Waals surface area (Å²) in [4.78, 5) is 19.0. The van der Waals surface area contributed by atoms with Gasteiger partial charge >= 0.3 is 6.18 Å². The molecule has 3 rings (SSSR count). The fraction of sp³-hybridized carbons (Fsp3) is 0.263. The van der Waals surface area contributed by atoms with E-state index in [1.54, 1.807) is 13.8 Å².